The number of para-hydroxylation sites is 3. The maximum Gasteiger partial charge on any atom is 0.235 e. The summed E-state index contributed by atoms with van der Waals surface area (Å²) in [4.78, 5) is 17.8. The van der Waals surface area contributed by atoms with Crippen molar-refractivity contribution in [1.82, 2.24) is 4.90 Å². The summed E-state index contributed by atoms with van der Waals surface area (Å²) in [5, 5.41) is 11.0. The van der Waals surface area contributed by atoms with Crippen molar-refractivity contribution < 1.29 is 19.0 Å². The molecule has 0 unspecified atom stereocenters. The molecule has 0 amide bonds. The summed E-state index contributed by atoms with van der Waals surface area (Å²) in [5.74, 6) is 1.17. The van der Waals surface area contributed by atoms with Crippen LogP contribution < -0.4 is 19.8 Å². The summed E-state index contributed by atoms with van der Waals surface area (Å²) < 4.78 is 17.3. The number of rotatable bonds is 7. The molecule has 180 valence electrons. The van der Waals surface area contributed by atoms with Crippen LogP contribution in [-0.2, 0) is 6.54 Å². The fourth-order valence-corrected chi connectivity index (χ4v) is 4.41. The first-order chi connectivity index (χ1) is 17.1. The zero-order valence-electron chi connectivity index (χ0n) is 19.6. The molecule has 1 N–H and O–H groups in total. The van der Waals surface area contributed by atoms with E-state index in [-0.39, 0.29) is 16.9 Å². The van der Waals surface area contributed by atoms with Gasteiger partial charge in [0.05, 0.1) is 17.6 Å². The number of benzene rings is 3. The van der Waals surface area contributed by atoms with Crippen LogP contribution in [0.1, 0.15) is 12.5 Å². The van der Waals surface area contributed by atoms with Crippen molar-refractivity contribution in [2.75, 3.05) is 37.7 Å². The van der Waals surface area contributed by atoms with Gasteiger partial charge < -0.3 is 23.9 Å². The SMILES string of the molecule is CCOc1ccccc1Oc1coc2c(CN3CCN(c4ccccc4)CC3)c(O)ccc2c1=O. The standard InChI is InChI=1S/C28H28N2O5/c1-2-33-24-10-6-7-11-25(24)35-26-19-34-28-21(27(26)32)12-13-23(31)22(28)18-29-14-16-30(17-15-29)20-8-4-3-5-9-20/h3-13,19,31H,2,14-18H2,1H3. The van der Waals surface area contributed by atoms with Gasteiger partial charge >= 0.3 is 0 Å². The van der Waals surface area contributed by atoms with Gasteiger partial charge in [0.2, 0.25) is 11.2 Å². The molecule has 0 atom stereocenters. The van der Waals surface area contributed by atoms with E-state index in [1.54, 1.807) is 24.3 Å². The Balaban J connectivity index is 1.37. The Bertz CT molecular complexity index is 1360. The van der Waals surface area contributed by atoms with Crippen LogP contribution in [0.3, 0.4) is 0 Å². The van der Waals surface area contributed by atoms with E-state index < -0.39 is 0 Å². The van der Waals surface area contributed by atoms with Gasteiger partial charge in [0.15, 0.2) is 11.5 Å². The second-order valence-corrected chi connectivity index (χ2v) is 8.45. The van der Waals surface area contributed by atoms with E-state index in [4.69, 9.17) is 13.9 Å². The highest BCUT2D eigenvalue weighted by atomic mass is 16.5. The molecule has 35 heavy (non-hydrogen) atoms. The van der Waals surface area contributed by atoms with Gasteiger partial charge in [-0.3, -0.25) is 9.69 Å². The van der Waals surface area contributed by atoms with E-state index in [0.29, 0.717) is 41.2 Å². The van der Waals surface area contributed by atoms with E-state index in [1.807, 2.05) is 37.3 Å². The van der Waals surface area contributed by atoms with E-state index in [1.165, 1.54) is 12.0 Å². The highest BCUT2D eigenvalue weighted by molar-refractivity contribution is 5.83. The smallest absolute Gasteiger partial charge is 0.235 e. The molecule has 7 heteroatoms. The van der Waals surface area contributed by atoms with E-state index in [9.17, 15) is 9.90 Å². The number of phenols is 1. The average molecular weight is 473 g/mol. The molecule has 0 bridgehead atoms. The topological polar surface area (TPSA) is 75.4 Å². The highest BCUT2D eigenvalue weighted by Crippen LogP contribution is 2.33. The summed E-state index contributed by atoms with van der Waals surface area (Å²) in [5.41, 5.74) is 1.90. The normalized spacial score (nSPS) is 14.3. The van der Waals surface area contributed by atoms with Gasteiger partial charge in [-0.1, -0.05) is 30.3 Å². The minimum atomic E-state index is -0.298. The summed E-state index contributed by atoms with van der Waals surface area (Å²) in [6.45, 7) is 6.30. The Hall–Kier alpha value is -3.97. The lowest BCUT2D eigenvalue weighted by molar-refractivity contribution is 0.246. The fourth-order valence-electron chi connectivity index (χ4n) is 4.41. The average Bonchev–Trinajstić information content (AvgIpc) is 2.89. The predicted molar refractivity (Wildman–Crippen MR) is 136 cm³/mol. The molecule has 0 spiro atoms. The number of piperazine rings is 1. The van der Waals surface area contributed by atoms with Gasteiger partial charge in [0, 0.05) is 38.4 Å². The number of anilines is 1. The monoisotopic (exact) mass is 472 g/mol. The van der Waals surface area contributed by atoms with Crippen molar-refractivity contribution in [1.29, 1.82) is 0 Å². The number of hydrogen-bond acceptors (Lipinski definition) is 7. The zero-order chi connectivity index (χ0) is 24.2. The molecule has 1 aliphatic heterocycles. The van der Waals surface area contributed by atoms with Crippen molar-refractivity contribution in [3.63, 3.8) is 0 Å². The third-order valence-corrected chi connectivity index (χ3v) is 6.23. The van der Waals surface area contributed by atoms with Crippen LogP contribution in [-0.4, -0.2) is 42.8 Å². The van der Waals surface area contributed by atoms with Gasteiger partial charge in [0.1, 0.15) is 17.6 Å². The third kappa shape index (κ3) is 4.81. The fraction of sp³-hybridized carbons (Fsp3) is 0.250. The maximum atomic E-state index is 13.2. The molecular formula is C28H28N2O5. The molecule has 5 rings (SSSR count). The first kappa shape index (κ1) is 22.8. The number of phenolic OH excluding ortho intramolecular Hbond substituents is 1. The molecular weight excluding hydrogens is 444 g/mol. The van der Waals surface area contributed by atoms with Crippen LogP contribution in [0, 0.1) is 0 Å². The summed E-state index contributed by atoms with van der Waals surface area (Å²) in [6, 6.07) is 20.7. The molecule has 0 radical (unpaired) electrons. The molecule has 7 nitrogen and oxygen atoms in total. The molecule has 4 aromatic rings. The Kier molecular flexibility index (Phi) is 6.59. The molecule has 0 saturated carbocycles. The van der Waals surface area contributed by atoms with Gasteiger partial charge in [-0.25, -0.2) is 0 Å². The Morgan fingerprint density at radius 2 is 1.60 bits per heavy atom. The number of nitrogens with zero attached hydrogens (tertiary/aromatic N) is 2. The minimum absolute atomic E-state index is 0.0674. The third-order valence-electron chi connectivity index (χ3n) is 6.23. The van der Waals surface area contributed by atoms with Crippen LogP contribution in [0.4, 0.5) is 5.69 Å². The first-order valence-corrected chi connectivity index (χ1v) is 11.8. The second kappa shape index (κ2) is 10.1. The van der Waals surface area contributed by atoms with Crippen molar-refractivity contribution in [3.05, 3.63) is 88.8 Å². The van der Waals surface area contributed by atoms with Crippen molar-refractivity contribution in [3.8, 4) is 23.0 Å². The Morgan fingerprint density at radius 3 is 2.34 bits per heavy atom. The van der Waals surface area contributed by atoms with Crippen LogP contribution in [0.25, 0.3) is 11.0 Å². The van der Waals surface area contributed by atoms with Crippen LogP contribution >= 0.6 is 0 Å². The lowest BCUT2D eigenvalue weighted by Crippen LogP contribution is -2.46. The van der Waals surface area contributed by atoms with Crippen LogP contribution in [0.2, 0.25) is 0 Å². The van der Waals surface area contributed by atoms with Crippen LogP contribution in [0.15, 0.2) is 82.2 Å². The number of ether oxygens (including phenoxy) is 2. The van der Waals surface area contributed by atoms with Gasteiger partial charge in [-0.2, -0.15) is 0 Å². The second-order valence-electron chi connectivity index (χ2n) is 8.45. The number of aromatic hydroxyl groups is 1. The zero-order valence-corrected chi connectivity index (χ0v) is 19.6. The van der Waals surface area contributed by atoms with E-state index in [0.717, 1.165) is 26.2 Å². The van der Waals surface area contributed by atoms with E-state index >= 15 is 0 Å². The van der Waals surface area contributed by atoms with Crippen molar-refractivity contribution in [2.45, 2.75) is 13.5 Å². The molecule has 1 aromatic heterocycles. The first-order valence-electron chi connectivity index (χ1n) is 11.8. The molecule has 0 aliphatic carbocycles. The van der Waals surface area contributed by atoms with Gasteiger partial charge in [-0.15, -0.1) is 0 Å². The van der Waals surface area contributed by atoms with Gasteiger partial charge in [0.25, 0.3) is 0 Å². The molecule has 1 fully saturated rings. The predicted octanol–water partition coefficient (Wildman–Crippen LogP) is 5.01. The Labute approximate surface area is 203 Å². The number of fused-ring (bicyclic) bond motifs is 1. The number of hydrogen-bond donors (Lipinski definition) is 1. The van der Waals surface area contributed by atoms with E-state index in [2.05, 4.69) is 21.9 Å². The molecule has 1 aliphatic rings. The van der Waals surface area contributed by atoms with Crippen LogP contribution in [0.5, 0.6) is 23.0 Å². The Morgan fingerprint density at radius 1 is 0.886 bits per heavy atom. The lowest BCUT2D eigenvalue weighted by atomic mass is 10.1. The summed E-state index contributed by atoms with van der Waals surface area (Å²) in [6.07, 6.45) is 1.31. The molecule has 2 heterocycles. The summed E-state index contributed by atoms with van der Waals surface area (Å²) >= 11 is 0. The lowest BCUT2D eigenvalue weighted by Gasteiger charge is -2.36. The largest absolute Gasteiger partial charge is 0.507 e. The van der Waals surface area contributed by atoms with Gasteiger partial charge in [-0.05, 0) is 43.3 Å². The van der Waals surface area contributed by atoms with Crippen molar-refractivity contribution in [2.24, 2.45) is 0 Å². The maximum absolute atomic E-state index is 13.2. The highest BCUT2D eigenvalue weighted by Gasteiger charge is 2.22. The quantitative estimate of drug-likeness (QED) is 0.405. The minimum Gasteiger partial charge on any atom is -0.507 e. The van der Waals surface area contributed by atoms with Crippen molar-refractivity contribution >= 4 is 16.7 Å². The summed E-state index contributed by atoms with van der Waals surface area (Å²) in [7, 11) is 0. The molecule has 3 aromatic carbocycles. The molecule has 1 saturated heterocycles.